The van der Waals surface area contributed by atoms with Crippen molar-refractivity contribution in [3.8, 4) is 0 Å². The molecule has 0 saturated carbocycles. The highest BCUT2D eigenvalue weighted by Gasteiger charge is 2.33. The van der Waals surface area contributed by atoms with E-state index >= 15 is 0 Å². The Bertz CT molecular complexity index is 1360. The molecule has 0 spiro atoms. The summed E-state index contributed by atoms with van der Waals surface area (Å²) in [6.07, 6.45) is -2.55. The number of hydrogen-bond acceptors (Lipinski definition) is 11. The van der Waals surface area contributed by atoms with E-state index in [1.165, 1.54) is 31.2 Å². The Morgan fingerprint density at radius 2 is 1.36 bits per heavy atom. The number of carbonyl (C=O) groups excluding carboxylic acids is 8. The van der Waals surface area contributed by atoms with E-state index in [9.17, 15) is 53.4 Å². The van der Waals surface area contributed by atoms with Gasteiger partial charge in [0.05, 0.1) is 13.2 Å². The number of aliphatic carboxylic acids is 1. The number of carbonyl (C=O) groups is 9. The lowest BCUT2D eigenvalue weighted by Gasteiger charge is -2.27. The van der Waals surface area contributed by atoms with E-state index < -0.39 is 96.2 Å². The number of hydrogen-bond donors (Lipinski definition) is 7. The lowest BCUT2D eigenvalue weighted by Crippen LogP contribution is -2.60. The Morgan fingerprint density at radius 1 is 0.809 bits per heavy atom. The van der Waals surface area contributed by atoms with Crippen LogP contribution in [-0.2, 0) is 49.5 Å². The van der Waals surface area contributed by atoms with E-state index in [0.29, 0.717) is 5.56 Å². The van der Waals surface area contributed by atoms with Gasteiger partial charge in [0.2, 0.25) is 35.3 Å². The minimum atomic E-state index is -1.63. The van der Waals surface area contributed by atoms with Crippen LogP contribution in [0.4, 0.5) is 0 Å². The van der Waals surface area contributed by atoms with Crippen LogP contribution in [0.5, 0.6) is 0 Å². The molecular weight excluding hydrogens is 622 g/mol. The largest absolute Gasteiger partial charge is 0.481 e. The molecule has 0 heterocycles. The second kappa shape index (κ2) is 18.7. The zero-order valence-corrected chi connectivity index (χ0v) is 26.7. The SMILES string of the molecule is COC(=O)C(=O)C(=O)c1ccc(C[C@H](NC(C)=O)C(=O)N[C@@H](CCC(=O)O)C(=O)N[C@H](C(=O)N[C@@H](CC(C)C)C(N)=O)[C@@H](C)O)cc1. The lowest BCUT2D eigenvalue weighted by molar-refractivity contribution is -0.149. The fraction of sp³-hybridized carbons (Fsp3) is 0.500. The summed E-state index contributed by atoms with van der Waals surface area (Å²) >= 11 is 0. The number of rotatable bonds is 19. The number of methoxy groups -OCH3 is 1. The maximum Gasteiger partial charge on any atom is 0.383 e. The van der Waals surface area contributed by atoms with Gasteiger partial charge in [-0.15, -0.1) is 0 Å². The van der Waals surface area contributed by atoms with Crippen LogP contribution in [0.25, 0.3) is 0 Å². The number of amides is 5. The first-order valence-electron chi connectivity index (χ1n) is 14.5. The number of carboxylic acids is 1. The number of aliphatic hydroxyl groups is 1. The topological polar surface area (TPSA) is 277 Å². The van der Waals surface area contributed by atoms with Gasteiger partial charge >= 0.3 is 17.7 Å². The molecule has 1 aromatic carbocycles. The highest BCUT2D eigenvalue weighted by atomic mass is 16.5. The fourth-order valence-electron chi connectivity index (χ4n) is 4.25. The number of ether oxygens (including phenoxy) is 1. The van der Waals surface area contributed by atoms with Crippen LogP contribution in [0, 0.1) is 5.92 Å². The van der Waals surface area contributed by atoms with Crippen molar-refractivity contribution < 1.29 is 58.1 Å². The predicted octanol–water partition coefficient (Wildman–Crippen LogP) is -2.11. The van der Waals surface area contributed by atoms with Crippen LogP contribution < -0.4 is 27.0 Å². The Labute approximate surface area is 270 Å². The lowest BCUT2D eigenvalue weighted by atomic mass is 10.00. The van der Waals surface area contributed by atoms with Crippen LogP contribution in [0.3, 0.4) is 0 Å². The van der Waals surface area contributed by atoms with Gasteiger partial charge in [-0.25, -0.2) is 4.79 Å². The molecule has 0 radical (unpaired) electrons. The van der Waals surface area contributed by atoms with Gasteiger partial charge in [0, 0.05) is 25.3 Å². The van der Waals surface area contributed by atoms with Crippen molar-refractivity contribution in [2.45, 2.75) is 83.6 Å². The number of nitrogens with two attached hydrogens (primary N) is 1. The van der Waals surface area contributed by atoms with Crippen molar-refractivity contribution in [1.29, 1.82) is 0 Å². The average molecular weight is 664 g/mol. The number of esters is 1. The molecule has 0 fully saturated rings. The van der Waals surface area contributed by atoms with E-state index in [4.69, 9.17) is 5.73 Å². The van der Waals surface area contributed by atoms with Gasteiger partial charge in [-0.05, 0) is 31.2 Å². The number of nitrogens with one attached hydrogen (secondary N) is 4. The van der Waals surface area contributed by atoms with Crippen molar-refractivity contribution in [3.05, 3.63) is 35.4 Å². The molecule has 5 amide bonds. The van der Waals surface area contributed by atoms with E-state index in [2.05, 4.69) is 26.0 Å². The number of aliphatic hydroxyl groups excluding tert-OH is 1. The smallest absolute Gasteiger partial charge is 0.383 e. The first-order chi connectivity index (χ1) is 21.9. The number of benzene rings is 1. The summed E-state index contributed by atoms with van der Waals surface area (Å²) in [6.45, 7) is 5.88. The Hall–Kier alpha value is -5.19. The van der Waals surface area contributed by atoms with Gasteiger partial charge in [-0.1, -0.05) is 38.1 Å². The molecule has 17 nitrogen and oxygen atoms in total. The summed E-state index contributed by atoms with van der Waals surface area (Å²) in [5.41, 5.74) is 5.60. The zero-order chi connectivity index (χ0) is 36.0. The molecule has 0 aliphatic carbocycles. The maximum atomic E-state index is 13.3. The molecule has 5 atom stereocenters. The van der Waals surface area contributed by atoms with Crippen molar-refractivity contribution in [1.82, 2.24) is 21.3 Å². The summed E-state index contributed by atoms with van der Waals surface area (Å²) in [4.78, 5) is 110. The van der Waals surface area contributed by atoms with E-state index in [1.807, 2.05) is 0 Å². The minimum absolute atomic E-state index is 0.0456. The van der Waals surface area contributed by atoms with Crippen molar-refractivity contribution in [2.75, 3.05) is 7.11 Å². The Balaban J connectivity index is 3.20. The molecule has 17 heteroatoms. The molecule has 0 unspecified atom stereocenters. The molecule has 0 aliphatic heterocycles. The highest BCUT2D eigenvalue weighted by molar-refractivity contribution is 6.65. The third kappa shape index (κ3) is 13.4. The van der Waals surface area contributed by atoms with Gasteiger partial charge in [0.1, 0.15) is 24.2 Å². The molecule has 47 heavy (non-hydrogen) atoms. The van der Waals surface area contributed by atoms with E-state index in [-0.39, 0.29) is 24.3 Å². The number of Topliss-reactive ketones (excluding diaryl/α,β-unsaturated/α-hetero) is 2. The monoisotopic (exact) mass is 663 g/mol. The molecule has 1 rings (SSSR count). The summed E-state index contributed by atoms with van der Waals surface area (Å²) in [6, 6.07) is -0.463. The van der Waals surface area contributed by atoms with Gasteiger partial charge in [-0.3, -0.25) is 38.4 Å². The quantitative estimate of drug-likeness (QED) is 0.0363. The van der Waals surface area contributed by atoms with Gasteiger partial charge in [-0.2, -0.15) is 0 Å². The van der Waals surface area contributed by atoms with Gasteiger partial charge in [0.25, 0.3) is 0 Å². The Kier molecular flexibility index (Phi) is 15.8. The first kappa shape index (κ1) is 39.8. The number of primary amides is 1. The van der Waals surface area contributed by atoms with Crippen molar-refractivity contribution >= 4 is 53.0 Å². The molecular formula is C30H41N5O12. The van der Waals surface area contributed by atoms with Gasteiger partial charge < -0.3 is 42.0 Å². The van der Waals surface area contributed by atoms with Crippen LogP contribution in [0.2, 0.25) is 0 Å². The van der Waals surface area contributed by atoms with Crippen LogP contribution in [0.15, 0.2) is 24.3 Å². The normalized spacial score (nSPS) is 13.9. The molecule has 0 aliphatic rings. The molecule has 0 bridgehead atoms. The standard InChI is InChI=1S/C30H41N5O12/c1-14(2)12-20(26(31)42)34-29(45)23(15(3)36)35-27(43)19(10-11-22(38)39)33-28(44)21(32-16(4)37)13-17-6-8-18(9-7-17)24(40)25(41)30(46)47-5/h6-9,14-15,19-21,23,36H,10-13H2,1-5H3,(H2,31,42)(H,32,37)(H,33,44)(H,34,45)(H,35,43)(H,38,39)/t15-,19+,20+,21+,23+/m1/s1. The molecule has 0 saturated heterocycles. The molecule has 8 N–H and O–H groups in total. The maximum absolute atomic E-state index is 13.3. The molecule has 0 aromatic heterocycles. The second-order valence-corrected chi connectivity index (χ2v) is 11.1. The van der Waals surface area contributed by atoms with E-state index in [0.717, 1.165) is 14.0 Å². The van der Waals surface area contributed by atoms with Gasteiger partial charge in [0.15, 0.2) is 0 Å². The number of carboxylic acid groups (broad SMARTS) is 1. The predicted molar refractivity (Wildman–Crippen MR) is 162 cm³/mol. The van der Waals surface area contributed by atoms with Crippen LogP contribution >= 0.6 is 0 Å². The Morgan fingerprint density at radius 3 is 1.83 bits per heavy atom. The summed E-state index contributed by atoms with van der Waals surface area (Å²) in [5, 5.41) is 28.9. The number of ketones is 2. The summed E-state index contributed by atoms with van der Waals surface area (Å²) < 4.78 is 4.25. The average Bonchev–Trinajstić information content (AvgIpc) is 2.99. The highest BCUT2D eigenvalue weighted by Crippen LogP contribution is 2.11. The van der Waals surface area contributed by atoms with Crippen molar-refractivity contribution in [3.63, 3.8) is 0 Å². The zero-order valence-electron chi connectivity index (χ0n) is 26.7. The summed E-state index contributed by atoms with van der Waals surface area (Å²) in [5.74, 6) is -9.60. The van der Waals surface area contributed by atoms with Crippen molar-refractivity contribution in [2.24, 2.45) is 11.7 Å². The second-order valence-electron chi connectivity index (χ2n) is 11.1. The van der Waals surface area contributed by atoms with Crippen LogP contribution in [0.1, 0.15) is 62.9 Å². The minimum Gasteiger partial charge on any atom is -0.481 e. The fourth-order valence-corrected chi connectivity index (χ4v) is 4.25. The third-order valence-electron chi connectivity index (χ3n) is 6.64. The first-order valence-corrected chi connectivity index (χ1v) is 14.5. The molecule has 1 aromatic rings. The summed E-state index contributed by atoms with van der Waals surface area (Å²) in [7, 11) is 0.942. The molecule has 258 valence electrons. The van der Waals surface area contributed by atoms with Crippen LogP contribution in [-0.4, -0.2) is 101 Å². The van der Waals surface area contributed by atoms with E-state index in [1.54, 1.807) is 13.8 Å². The third-order valence-corrected chi connectivity index (χ3v) is 6.64.